The Bertz CT molecular complexity index is 1010. The van der Waals surface area contributed by atoms with Crippen molar-refractivity contribution in [1.82, 2.24) is 19.7 Å². The Balaban J connectivity index is 1.77. The van der Waals surface area contributed by atoms with E-state index >= 15 is 0 Å². The van der Waals surface area contributed by atoms with Crippen LogP contribution in [0.5, 0.6) is 0 Å². The molecule has 2 aromatic heterocycles. The molecule has 0 saturated heterocycles. The molecule has 0 bridgehead atoms. The van der Waals surface area contributed by atoms with Gasteiger partial charge < -0.3 is 9.88 Å². The molecular weight excluding hydrogens is 323 g/mol. The fourth-order valence-electron chi connectivity index (χ4n) is 2.83. The second-order valence-corrected chi connectivity index (χ2v) is 6.15. The first-order valence-electron chi connectivity index (χ1n) is 7.93. The van der Waals surface area contributed by atoms with Crippen molar-refractivity contribution < 1.29 is 9.18 Å². The number of aryl methyl sites for hydroxylation is 2. The van der Waals surface area contributed by atoms with Crippen LogP contribution in [0, 0.1) is 12.7 Å². The van der Waals surface area contributed by atoms with Gasteiger partial charge >= 0.3 is 0 Å². The third-order valence-electron chi connectivity index (χ3n) is 4.17. The molecule has 130 valence electrons. The van der Waals surface area contributed by atoms with Gasteiger partial charge in [-0.25, -0.2) is 9.07 Å². The van der Waals surface area contributed by atoms with E-state index in [4.69, 9.17) is 0 Å². The van der Waals surface area contributed by atoms with Crippen LogP contribution in [0.25, 0.3) is 10.9 Å². The molecule has 6 nitrogen and oxygen atoms in total. The molecule has 1 N–H and O–H groups in total. The van der Waals surface area contributed by atoms with Gasteiger partial charge in [-0.1, -0.05) is 12.1 Å². The van der Waals surface area contributed by atoms with E-state index in [0.717, 1.165) is 15.6 Å². The minimum Gasteiger partial charge on any atom is -0.348 e. The Labute approximate surface area is 143 Å². The lowest BCUT2D eigenvalue weighted by molar-refractivity contribution is -0.122. The number of hydrogen-bond donors (Lipinski definition) is 1. The van der Waals surface area contributed by atoms with Crippen molar-refractivity contribution in [3.05, 3.63) is 64.0 Å². The summed E-state index contributed by atoms with van der Waals surface area (Å²) < 4.78 is 16.8. The summed E-state index contributed by atoms with van der Waals surface area (Å²) in [5.41, 5.74) is 1.36. The minimum absolute atomic E-state index is 0.224. The smallest absolute Gasteiger partial charge is 0.291 e. The first-order valence-corrected chi connectivity index (χ1v) is 7.93. The van der Waals surface area contributed by atoms with Crippen LogP contribution in [0.3, 0.4) is 0 Å². The lowest BCUT2D eigenvalue weighted by Crippen LogP contribution is -2.35. The van der Waals surface area contributed by atoms with Gasteiger partial charge in [-0.05, 0) is 31.5 Å². The SMILES string of the molecule is Cc1ccc([C@H](C)NC(=O)Cn2ncc3ccn(C)c3c2=O)c(F)c1. The number of halogens is 1. The molecule has 0 aliphatic carbocycles. The van der Waals surface area contributed by atoms with E-state index in [2.05, 4.69) is 10.4 Å². The summed E-state index contributed by atoms with van der Waals surface area (Å²) in [5.74, 6) is -0.774. The number of carbonyl (C=O) groups excluding carboxylic acids is 1. The van der Waals surface area contributed by atoms with Crippen LogP contribution in [0.4, 0.5) is 4.39 Å². The van der Waals surface area contributed by atoms with E-state index in [1.54, 1.807) is 56.1 Å². The summed E-state index contributed by atoms with van der Waals surface area (Å²) in [5, 5.41) is 7.45. The summed E-state index contributed by atoms with van der Waals surface area (Å²) in [6, 6.07) is 6.14. The largest absolute Gasteiger partial charge is 0.348 e. The molecule has 25 heavy (non-hydrogen) atoms. The topological polar surface area (TPSA) is 68.9 Å². The molecule has 1 amide bonds. The molecule has 0 radical (unpaired) electrons. The third kappa shape index (κ3) is 3.31. The highest BCUT2D eigenvalue weighted by Crippen LogP contribution is 2.17. The summed E-state index contributed by atoms with van der Waals surface area (Å²) in [6.45, 7) is 3.27. The lowest BCUT2D eigenvalue weighted by Gasteiger charge is -2.16. The number of nitrogens with one attached hydrogen (secondary N) is 1. The van der Waals surface area contributed by atoms with Crippen molar-refractivity contribution in [3.63, 3.8) is 0 Å². The van der Waals surface area contributed by atoms with Crippen LogP contribution >= 0.6 is 0 Å². The maximum atomic E-state index is 14.0. The van der Waals surface area contributed by atoms with Gasteiger partial charge in [-0.15, -0.1) is 0 Å². The molecule has 0 spiro atoms. The molecule has 2 heterocycles. The summed E-state index contributed by atoms with van der Waals surface area (Å²) in [4.78, 5) is 24.7. The van der Waals surface area contributed by atoms with Gasteiger partial charge in [0.25, 0.3) is 5.56 Å². The number of hydrogen-bond acceptors (Lipinski definition) is 3. The Morgan fingerprint density at radius 2 is 2.12 bits per heavy atom. The van der Waals surface area contributed by atoms with Crippen molar-refractivity contribution in [2.24, 2.45) is 7.05 Å². The van der Waals surface area contributed by atoms with Crippen molar-refractivity contribution in [3.8, 4) is 0 Å². The Hall–Kier alpha value is -2.96. The van der Waals surface area contributed by atoms with Crippen LogP contribution in [-0.2, 0) is 18.4 Å². The first-order chi connectivity index (χ1) is 11.9. The molecule has 3 rings (SSSR count). The third-order valence-corrected chi connectivity index (χ3v) is 4.17. The maximum Gasteiger partial charge on any atom is 0.291 e. The summed E-state index contributed by atoms with van der Waals surface area (Å²) in [7, 11) is 1.76. The molecule has 0 aliphatic rings. The van der Waals surface area contributed by atoms with E-state index in [1.165, 1.54) is 6.07 Å². The van der Waals surface area contributed by atoms with Crippen LogP contribution in [0.1, 0.15) is 24.1 Å². The molecule has 1 aromatic carbocycles. The van der Waals surface area contributed by atoms with Crippen molar-refractivity contribution in [2.75, 3.05) is 0 Å². The van der Waals surface area contributed by atoms with Gasteiger partial charge in [0.1, 0.15) is 17.9 Å². The Morgan fingerprint density at radius 3 is 2.84 bits per heavy atom. The van der Waals surface area contributed by atoms with E-state index < -0.39 is 11.9 Å². The van der Waals surface area contributed by atoms with Gasteiger partial charge in [0, 0.05) is 24.2 Å². The lowest BCUT2D eigenvalue weighted by atomic mass is 10.1. The molecule has 0 fully saturated rings. The minimum atomic E-state index is -0.512. The van der Waals surface area contributed by atoms with E-state index in [9.17, 15) is 14.0 Å². The second-order valence-electron chi connectivity index (χ2n) is 6.15. The molecular formula is C18H19FN4O2. The normalized spacial score (nSPS) is 12.3. The zero-order chi connectivity index (χ0) is 18.1. The number of benzene rings is 1. The fraction of sp³-hybridized carbons (Fsp3) is 0.278. The summed E-state index contributed by atoms with van der Waals surface area (Å²) in [6.07, 6.45) is 3.31. The quantitative estimate of drug-likeness (QED) is 0.789. The molecule has 0 aliphatic heterocycles. The molecule has 0 unspecified atom stereocenters. The molecule has 7 heteroatoms. The number of rotatable bonds is 4. The Kier molecular flexibility index (Phi) is 4.39. The van der Waals surface area contributed by atoms with Gasteiger partial charge in [-0.3, -0.25) is 9.59 Å². The van der Waals surface area contributed by atoms with Crippen molar-refractivity contribution in [2.45, 2.75) is 26.4 Å². The summed E-state index contributed by atoms with van der Waals surface area (Å²) >= 11 is 0. The predicted octanol–water partition coefficient (Wildman–Crippen LogP) is 2.06. The first kappa shape index (κ1) is 16.9. The second kappa shape index (κ2) is 6.51. The van der Waals surface area contributed by atoms with Gasteiger partial charge in [-0.2, -0.15) is 5.10 Å². The molecule has 1 atom stereocenters. The predicted molar refractivity (Wildman–Crippen MR) is 92.7 cm³/mol. The number of amides is 1. The van der Waals surface area contributed by atoms with Crippen LogP contribution in [0.15, 0.2) is 41.5 Å². The van der Waals surface area contributed by atoms with E-state index in [0.29, 0.717) is 11.1 Å². The fourth-order valence-corrected chi connectivity index (χ4v) is 2.83. The highest BCUT2D eigenvalue weighted by molar-refractivity contribution is 5.79. The van der Waals surface area contributed by atoms with Crippen LogP contribution < -0.4 is 10.9 Å². The Morgan fingerprint density at radius 1 is 1.36 bits per heavy atom. The monoisotopic (exact) mass is 342 g/mol. The number of fused-ring (bicyclic) bond motifs is 1. The average molecular weight is 342 g/mol. The molecule has 0 saturated carbocycles. The van der Waals surface area contributed by atoms with Gasteiger partial charge in [0.15, 0.2) is 0 Å². The highest BCUT2D eigenvalue weighted by Gasteiger charge is 2.16. The van der Waals surface area contributed by atoms with Crippen molar-refractivity contribution >= 4 is 16.8 Å². The number of aromatic nitrogens is 3. The standard InChI is InChI=1S/C18H19FN4O2/c1-11-4-5-14(15(19)8-11)12(2)21-16(24)10-23-18(25)17-13(9-20-23)6-7-22(17)3/h4-9,12H,10H2,1-3H3,(H,21,24)/t12-/m0/s1. The van der Waals surface area contributed by atoms with Gasteiger partial charge in [0.05, 0.1) is 12.2 Å². The van der Waals surface area contributed by atoms with Crippen LogP contribution in [0.2, 0.25) is 0 Å². The van der Waals surface area contributed by atoms with E-state index in [-0.39, 0.29) is 17.9 Å². The average Bonchev–Trinajstić information content (AvgIpc) is 2.91. The van der Waals surface area contributed by atoms with E-state index in [1.807, 2.05) is 0 Å². The zero-order valence-corrected chi connectivity index (χ0v) is 14.3. The highest BCUT2D eigenvalue weighted by atomic mass is 19.1. The number of carbonyl (C=O) groups is 1. The number of nitrogens with zero attached hydrogens (tertiary/aromatic N) is 3. The van der Waals surface area contributed by atoms with Gasteiger partial charge in [0.2, 0.25) is 5.91 Å². The zero-order valence-electron chi connectivity index (χ0n) is 14.3. The van der Waals surface area contributed by atoms with Crippen LogP contribution in [-0.4, -0.2) is 20.3 Å². The van der Waals surface area contributed by atoms with Crippen molar-refractivity contribution in [1.29, 1.82) is 0 Å². The maximum absolute atomic E-state index is 14.0. The molecule has 3 aromatic rings.